The molecule has 1 rings (SSSR count). The lowest BCUT2D eigenvalue weighted by Crippen LogP contribution is -2.21. The second-order valence-corrected chi connectivity index (χ2v) is 4.01. The van der Waals surface area contributed by atoms with Crippen LogP contribution in [-0.4, -0.2) is 18.5 Å². The van der Waals surface area contributed by atoms with E-state index in [9.17, 15) is 22.0 Å². The van der Waals surface area contributed by atoms with Gasteiger partial charge in [0.2, 0.25) is 0 Å². The molecule has 0 aliphatic rings. The predicted molar refractivity (Wildman–Crippen MR) is 48.4 cm³/mol. The first kappa shape index (κ1) is 15.6. The molecule has 98 valence electrons. The Bertz CT molecular complexity index is 485. The maximum atomic E-state index is 12.1. The van der Waals surface area contributed by atoms with Crippen molar-refractivity contribution in [3.8, 4) is 0 Å². The Hall–Kier alpha value is -1.42. The molecule has 0 bridgehead atoms. The Labute approximate surface area is 92.6 Å². The molecule has 10 heteroatoms. The molecule has 0 saturated carbocycles. The van der Waals surface area contributed by atoms with E-state index in [0.29, 0.717) is 0 Å². The van der Waals surface area contributed by atoms with E-state index in [1.54, 1.807) is 0 Å². The third-order valence-corrected chi connectivity index (χ3v) is 1.82. The van der Waals surface area contributed by atoms with E-state index in [0.717, 1.165) is 12.1 Å². The molecule has 4 nitrogen and oxygen atoms in total. The summed E-state index contributed by atoms with van der Waals surface area (Å²) >= 11 is 0. The quantitative estimate of drug-likeness (QED) is 0.329. The number of alkyl halides is 3. The molecule has 1 aromatic carbocycles. The highest BCUT2D eigenvalue weighted by molar-refractivity contribution is 7.86. The molecule has 0 unspecified atom stereocenters. The van der Waals surface area contributed by atoms with E-state index in [1.807, 2.05) is 0 Å². The first-order valence-electron chi connectivity index (χ1n) is 3.69. The molecule has 0 fully saturated rings. The van der Waals surface area contributed by atoms with Crippen molar-refractivity contribution in [2.45, 2.75) is 5.51 Å². The molecular formula is C7H6F5NO3S. The third kappa shape index (κ3) is 5.45. The van der Waals surface area contributed by atoms with Gasteiger partial charge in [0, 0.05) is 5.69 Å². The van der Waals surface area contributed by atoms with Gasteiger partial charge in [-0.25, -0.2) is 8.78 Å². The monoisotopic (exact) mass is 279 g/mol. The number of halogens is 5. The molecule has 1 aromatic rings. The summed E-state index contributed by atoms with van der Waals surface area (Å²) in [5, 5.41) is 0. The maximum absolute atomic E-state index is 12.1. The molecule has 0 amide bonds. The third-order valence-electron chi connectivity index (χ3n) is 1.24. The average Bonchev–Trinajstić information content (AvgIpc) is 2.09. The van der Waals surface area contributed by atoms with E-state index in [-0.39, 0.29) is 5.69 Å². The fourth-order valence-electron chi connectivity index (χ4n) is 0.512. The minimum Gasteiger partial charge on any atom is -0.399 e. The summed E-state index contributed by atoms with van der Waals surface area (Å²) in [6.45, 7) is 0. The highest BCUT2D eigenvalue weighted by atomic mass is 32.2. The SMILES string of the molecule is Nc1ccc(F)c(F)c1.O=S(=O)(O)C(F)(F)F. The van der Waals surface area contributed by atoms with Gasteiger partial charge in [-0.2, -0.15) is 21.6 Å². The summed E-state index contributed by atoms with van der Waals surface area (Å²) in [5.41, 5.74) is -0.183. The summed E-state index contributed by atoms with van der Waals surface area (Å²) in [6.07, 6.45) is 0. The zero-order valence-electron chi connectivity index (χ0n) is 7.87. The molecule has 0 saturated heterocycles. The topological polar surface area (TPSA) is 80.4 Å². The van der Waals surface area contributed by atoms with E-state index in [1.165, 1.54) is 6.07 Å². The highest BCUT2D eigenvalue weighted by Gasteiger charge is 2.44. The van der Waals surface area contributed by atoms with Gasteiger partial charge in [0.05, 0.1) is 0 Å². The van der Waals surface area contributed by atoms with Crippen LogP contribution < -0.4 is 5.73 Å². The van der Waals surface area contributed by atoms with Gasteiger partial charge >= 0.3 is 15.6 Å². The Morgan fingerprint density at radius 1 is 1.12 bits per heavy atom. The summed E-state index contributed by atoms with van der Waals surface area (Å²) in [5.74, 6) is -1.78. The standard InChI is InChI=1S/C6H5F2N.CHF3O3S/c7-5-2-1-4(9)3-6(5)8;2-1(3,4)8(5,6)7/h1-3H,9H2;(H,5,6,7). The lowest BCUT2D eigenvalue weighted by molar-refractivity contribution is -0.0510. The van der Waals surface area contributed by atoms with E-state index >= 15 is 0 Å². The van der Waals surface area contributed by atoms with Crippen LogP contribution in [0.2, 0.25) is 0 Å². The molecule has 17 heavy (non-hydrogen) atoms. The van der Waals surface area contributed by atoms with Gasteiger partial charge in [0.1, 0.15) is 0 Å². The number of nitrogen functional groups attached to an aromatic ring is 1. The van der Waals surface area contributed by atoms with Crippen LogP contribution in [0, 0.1) is 11.6 Å². The fraction of sp³-hybridized carbons (Fsp3) is 0.143. The zero-order valence-corrected chi connectivity index (χ0v) is 8.69. The maximum Gasteiger partial charge on any atom is 0.522 e. The van der Waals surface area contributed by atoms with Gasteiger partial charge in [-0.1, -0.05) is 0 Å². The van der Waals surface area contributed by atoms with Crippen molar-refractivity contribution in [2.75, 3.05) is 5.73 Å². The van der Waals surface area contributed by atoms with E-state index in [2.05, 4.69) is 0 Å². The van der Waals surface area contributed by atoms with Crippen molar-refractivity contribution in [1.82, 2.24) is 0 Å². The van der Waals surface area contributed by atoms with Crippen molar-refractivity contribution in [2.24, 2.45) is 0 Å². The molecule has 0 aliphatic heterocycles. The summed E-state index contributed by atoms with van der Waals surface area (Å²) in [6, 6.07) is 3.23. The van der Waals surface area contributed by atoms with Crippen molar-refractivity contribution >= 4 is 15.8 Å². The van der Waals surface area contributed by atoms with Crippen LogP contribution in [0.15, 0.2) is 18.2 Å². The molecule has 0 atom stereocenters. The largest absolute Gasteiger partial charge is 0.522 e. The second-order valence-electron chi connectivity index (χ2n) is 2.59. The first-order valence-corrected chi connectivity index (χ1v) is 5.13. The summed E-state index contributed by atoms with van der Waals surface area (Å²) in [7, 11) is -5.84. The van der Waals surface area contributed by atoms with Crippen molar-refractivity contribution < 1.29 is 34.9 Å². The van der Waals surface area contributed by atoms with E-state index < -0.39 is 27.3 Å². The lowest BCUT2D eigenvalue weighted by atomic mass is 10.3. The van der Waals surface area contributed by atoms with Crippen LogP contribution in [0.5, 0.6) is 0 Å². The number of hydrogen-bond donors (Lipinski definition) is 2. The molecule has 0 heterocycles. The van der Waals surface area contributed by atoms with Gasteiger partial charge in [-0.3, -0.25) is 4.55 Å². The van der Waals surface area contributed by atoms with Crippen LogP contribution in [0.3, 0.4) is 0 Å². The zero-order chi connectivity index (χ0) is 13.9. The number of nitrogens with two attached hydrogens (primary N) is 1. The second kappa shape index (κ2) is 5.27. The van der Waals surface area contributed by atoms with Crippen LogP contribution in [-0.2, 0) is 10.1 Å². The Morgan fingerprint density at radius 2 is 1.53 bits per heavy atom. The number of rotatable bonds is 0. The molecular weight excluding hydrogens is 273 g/mol. The molecule has 0 aliphatic carbocycles. The Morgan fingerprint density at radius 3 is 1.76 bits per heavy atom. The summed E-state index contributed by atoms with van der Waals surface area (Å²) < 4.78 is 81.7. The van der Waals surface area contributed by atoms with Crippen LogP contribution in [0.4, 0.5) is 27.6 Å². The summed E-state index contributed by atoms with van der Waals surface area (Å²) in [4.78, 5) is 0. The predicted octanol–water partition coefficient (Wildman–Crippen LogP) is 1.94. The fourth-order valence-corrected chi connectivity index (χ4v) is 0.512. The molecule has 0 aromatic heterocycles. The Balaban J connectivity index is 0.000000304. The molecule has 0 radical (unpaired) electrons. The normalized spacial score (nSPS) is 11.6. The van der Waals surface area contributed by atoms with Crippen molar-refractivity contribution in [3.63, 3.8) is 0 Å². The van der Waals surface area contributed by atoms with Crippen LogP contribution in [0.1, 0.15) is 0 Å². The minimum absolute atomic E-state index is 0.230. The van der Waals surface area contributed by atoms with Crippen molar-refractivity contribution in [3.05, 3.63) is 29.8 Å². The number of hydrogen-bond acceptors (Lipinski definition) is 3. The Kier molecular flexibility index (Phi) is 4.83. The molecule has 3 N–H and O–H groups in total. The number of benzene rings is 1. The van der Waals surface area contributed by atoms with Crippen LogP contribution >= 0.6 is 0 Å². The van der Waals surface area contributed by atoms with Gasteiger partial charge in [0.15, 0.2) is 11.6 Å². The van der Waals surface area contributed by atoms with Crippen molar-refractivity contribution in [1.29, 1.82) is 0 Å². The van der Waals surface area contributed by atoms with Crippen LogP contribution in [0.25, 0.3) is 0 Å². The average molecular weight is 279 g/mol. The highest BCUT2D eigenvalue weighted by Crippen LogP contribution is 2.20. The number of anilines is 1. The van der Waals surface area contributed by atoms with Gasteiger partial charge in [-0.05, 0) is 18.2 Å². The van der Waals surface area contributed by atoms with E-state index in [4.69, 9.17) is 18.7 Å². The lowest BCUT2D eigenvalue weighted by Gasteiger charge is -1.97. The van der Waals surface area contributed by atoms with Gasteiger partial charge in [-0.15, -0.1) is 0 Å². The van der Waals surface area contributed by atoms with Gasteiger partial charge in [0.25, 0.3) is 0 Å². The minimum atomic E-state index is -5.84. The van der Waals surface area contributed by atoms with Gasteiger partial charge < -0.3 is 5.73 Å². The molecule has 0 spiro atoms. The smallest absolute Gasteiger partial charge is 0.399 e. The first-order chi connectivity index (χ1) is 7.45.